The standard InChI is InChI=1S/C21H16F3N3O4S/c1-13-10-25-18-5-3-2-4-16(18)17(13)11-26-12-19(28)27(20(26)29)14-6-8-15(9-7-14)32(30,31)21(22,23)24/h2-10H,11-12H2,1H3. The van der Waals surface area contributed by atoms with Crippen LogP contribution < -0.4 is 4.90 Å². The van der Waals surface area contributed by atoms with E-state index in [4.69, 9.17) is 0 Å². The van der Waals surface area contributed by atoms with E-state index < -0.39 is 32.2 Å². The molecule has 1 saturated heterocycles. The van der Waals surface area contributed by atoms with Gasteiger partial charge in [0.05, 0.1) is 16.1 Å². The van der Waals surface area contributed by atoms with E-state index in [2.05, 4.69) is 4.98 Å². The first-order valence-electron chi connectivity index (χ1n) is 9.37. The number of aromatic nitrogens is 1. The fourth-order valence-electron chi connectivity index (χ4n) is 3.53. The van der Waals surface area contributed by atoms with Gasteiger partial charge in [0, 0.05) is 18.1 Å². The van der Waals surface area contributed by atoms with Crippen molar-refractivity contribution < 1.29 is 31.2 Å². The highest BCUT2D eigenvalue weighted by Gasteiger charge is 2.47. The summed E-state index contributed by atoms with van der Waals surface area (Å²) in [6.45, 7) is 1.75. The Labute approximate surface area is 181 Å². The monoisotopic (exact) mass is 463 g/mol. The molecule has 0 radical (unpaired) electrons. The molecule has 3 amide bonds. The Morgan fingerprint density at radius 2 is 1.69 bits per heavy atom. The number of benzene rings is 2. The number of carbonyl (C=O) groups excluding carboxylic acids is 2. The zero-order chi connectivity index (χ0) is 23.3. The van der Waals surface area contributed by atoms with Gasteiger partial charge in [-0.1, -0.05) is 18.2 Å². The van der Waals surface area contributed by atoms with E-state index in [1.54, 1.807) is 6.20 Å². The minimum atomic E-state index is -5.53. The summed E-state index contributed by atoms with van der Waals surface area (Å²) in [4.78, 5) is 31.0. The lowest BCUT2D eigenvalue weighted by molar-refractivity contribution is -0.116. The molecule has 4 rings (SSSR count). The van der Waals surface area contributed by atoms with E-state index in [0.29, 0.717) is 0 Å². The first-order chi connectivity index (χ1) is 15.0. The second-order valence-electron chi connectivity index (χ2n) is 7.25. The molecule has 0 spiro atoms. The summed E-state index contributed by atoms with van der Waals surface area (Å²) in [6, 6.07) is 10.2. The second-order valence-corrected chi connectivity index (χ2v) is 9.19. The number of pyridine rings is 1. The highest BCUT2D eigenvalue weighted by atomic mass is 32.2. The van der Waals surface area contributed by atoms with Crippen molar-refractivity contribution in [1.82, 2.24) is 9.88 Å². The van der Waals surface area contributed by atoms with Crippen molar-refractivity contribution in [3.8, 4) is 0 Å². The van der Waals surface area contributed by atoms with Crippen LogP contribution in [0.25, 0.3) is 10.9 Å². The number of para-hydroxylation sites is 1. The zero-order valence-corrected chi connectivity index (χ0v) is 17.4. The van der Waals surface area contributed by atoms with Crippen LogP contribution in [0.1, 0.15) is 11.1 Å². The van der Waals surface area contributed by atoms with E-state index in [9.17, 15) is 31.2 Å². The zero-order valence-electron chi connectivity index (χ0n) is 16.6. The van der Waals surface area contributed by atoms with Crippen LogP contribution in [-0.4, -0.2) is 42.3 Å². The number of urea groups is 1. The van der Waals surface area contributed by atoms with Crippen LogP contribution in [-0.2, 0) is 21.2 Å². The number of nitrogens with zero attached hydrogens (tertiary/aromatic N) is 3. The summed E-state index contributed by atoms with van der Waals surface area (Å²) in [5, 5.41) is 0.841. The average molecular weight is 463 g/mol. The van der Waals surface area contributed by atoms with Crippen molar-refractivity contribution in [3.05, 3.63) is 65.9 Å². The summed E-state index contributed by atoms with van der Waals surface area (Å²) >= 11 is 0. The number of carbonyl (C=O) groups is 2. The molecule has 7 nitrogen and oxygen atoms in total. The Morgan fingerprint density at radius 3 is 2.34 bits per heavy atom. The lowest BCUT2D eigenvalue weighted by Crippen LogP contribution is -2.33. The van der Waals surface area contributed by atoms with Gasteiger partial charge in [0.25, 0.3) is 15.7 Å². The smallest absolute Gasteiger partial charge is 0.310 e. The molecule has 11 heteroatoms. The molecule has 0 unspecified atom stereocenters. The number of alkyl halides is 3. The minimum absolute atomic E-state index is 0.0140. The van der Waals surface area contributed by atoms with Crippen molar-refractivity contribution in [1.29, 1.82) is 0 Å². The summed E-state index contributed by atoms with van der Waals surface area (Å²) in [5.41, 5.74) is -3.06. The molecule has 2 aromatic carbocycles. The van der Waals surface area contributed by atoms with Gasteiger partial charge in [-0.3, -0.25) is 9.78 Å². The van der Waals surface area contributed by atoms with E-state index in [1.165, 1.54) is 4.90 Å². The number of hydrogen-bond acceptors (Lipinski definition) is 5. The second kappa shape index (κ2) is 7.59. The van der Waals surface area contributed by atoms with Gasteiger partial charge in [-0.15, -0.1) is 0 Å². The molecule has 1 aliphatic heterocycles. The van der Waals surface area contributed by atoms with E-state index in [-0.39, 0.29) is 18.8 Å². The summed E-state index contributed by atoms with van der Waals surface area (Å²) in [7, 11) is -5.53. The van der Waals surface area contributed by atoms with Gasteiger partial charge >= 0.3 is 11.5 Å². The summed E-state index contributed by atoms with van der Waals surface area (Å²) in [5.74, 6) is -0.572. The molecule has 3 aromatic rings. The van der Waals surface area contributed by atoms with Crippen LogP contribution in [0.4, 0.5) is 23.7 Å². The molecule has 1 aliphatic rings. The number of imide groups is 1. The van der Waals surface area contributed by atoms with Gasteiger partial charge in [-0.05, 0) is 48.4 Å². The number of sulfone groups is 1. The topological polar surface area (TPSA) is 87.7 Å². The van der Waals surface area contributed by atoms with Crippen LogP contribution in [0.3, 0.4) is 0 Å². The Hall–Kier alpha value is -3.47. The molecule has 0 bridgehead atoms. The van der Waals surface area contributed by atoms with Crippen LogP contribution in [0.2, 0.25) is 0 Å². The highest BCUT2D eigenvalue weighted by molar-refractivity contribution is 7.92. The summed E-state index contributed by atoms with van der Waals surface area (Å²) in [6.07, 6.45) is 1.68. The predicted octanol–water partition coefficient (Wildman–Crippen LogP) is 3.81. The third-order valence-corrected chi connectivity index (χ3v) is 6.70. The molecule has 1 aromatic heterocycles. The third-order valence-electron chi connectivity index (χ3n) is 5.20. The quantitative estimate of drug-likeness (QED) is 0.549. The molecule has 2 heterocycles. The molecule has 0 aliphatic carbocycles. The van der Waals surface area contributed by atoms with E-state index in [1.807, 2.05) is 31.2 Å². The third kappa shape index (κ3) is 3.58. The number of aryl methyl sites for hydroxylation is 1. The normalized spacial score (nSPS) is 15.1. The molecular formula is C21H16F3N3O4S. The SMILES string of the molecule is Cc1cnc2ccccc2c1CN1CC(=O)N(c2ccc(S(=O)(=O)C(F)(F)F)cc2)C1=O. The van der Waals surface area contributed by atoms with Crippen LogP contribution >= 0.6 is 0 Å². The molecule has 32 heavy (non-hydrogen) atoms. The maximum Gasteiger partial charge on any atom is 0.501 e. The average Bonchev–Trinajstić information content (AvgIpc) is 3.02. The van der Waals surface area contributed by atoms with Crippen molar-refractivity contribution in [3.63, 3.8) is 0 Å². The number of anilines is 1. The molecule has 166 valence electrons. The largest absolute Gasteiger partial charge is 0.501 e. The molecule has 0 saturated carbocycles. The van der Waals surface area contributed by atoms with Gasteiger partial charge in [0.2, 0.25) is 0 Å². The molecule has 0 atom stereocenters. The lowest BCUT2D eigenvalue weighted by Gasteiger charge is -2.19. The van der Waals surface area contributed by atoms with Crippen LogP contribution in [0, 0.1) is 6.92 Å². The lowest BCUT2D eigenvalue weighted by atomic mass is 10.0. The van der Waals surface area contributed by atoms with Gasteiger partial charge in [-0.25, -0.2) is 18.1 Å². The minimum Gasteiger partial charge on any atom is -0.310 e. The first kappa shape index (κ1) is 21.8. The highest BCUT2D eigenvalue weighted by Crippen LogP contribution is 2.32. The Morgan fingerprint density at radius 1 is 1.03 bits per heavy atom. The molecule has 1 fully saturated rings. The van der Waals surface area contributed by atoms with Gasteiger partial charge in [0.1, 0.15) is 6.54 Å². The predicted molar refractivity (Wildman–Crippen MR) is 109 cm³/mol. The number of hydrogen-bond donors (Lipinski definition) is 0. The van der Waals surface area contributed by atoms with Crippen molar-refractivity contribution in [2.75, 3.05) is 11.4 Å². The fraction of sp³-hybridized carbons (Fsp3) is 0.190. The maximum absolute atomic E-state index is 12.9. The van der Waals surface area contributed by atoms with Gasteiger partial charge < -0.3 is 4.90 Å². The Kier molecular flexibility index (Phi) is 5.16. The van der Waals surface area contributed by atoms with Crippen molar-refractivity contribution >= 4 is 38.4 Å². The maximum atomic E-state index is 12.9. The van der Waals surface area contributed by atoms with Crippen molar-refractivity contribution in [2.45, 2.75) is 23.9 Å². The fourth-order valence-corrected chi connectivity index (χ4v) is 4.30. The first-order valence-corrected chi connectivity index (χ1v) is 10.9. The van der Waals surface area contributed by atoms with Crippen LogP contribution in [0.15, 0.2) is 59.6 Å². The molecule has 0 N–H and O–H groups in total. The number of amides is 3. The number of halogens is 3. The van der Waals surface area contributed by atoms with Crippen molar-refractivity contribution in [2.24, 2.45) is 0 Å². The Balaban J connectivity index is 1.61. The van der Waals surface area contributed by atoms with Gasteiger partial charge in [0.15, 0.2) is 0 Å². The summed E-state index contributed by atoms with van der Waals surface area (Å²) < 4.78 is 61.2. The van der Waals surface area contributed by atoms with E-state index in [0.717, 1.165) is 51.2 Å². The van der Waals surface area contributed by atoms with E-state index >= 15 is 0 Å². The van der Waals surface area contributed by atoms with Gasteiger partial charge in [-0.2, -0.15) is 13.2 Å². The van der Waals surface area contributed by atoms with Crippen LogP contribution in [0.5, 0.6) is 0 Å². The number of fused-ring (bicyclic) bond motifs is 1. The number of rotatable bonds is 4. The Bertz CT molecular complexity index is 1340. The molecular weight excluding hydrogens is 447 g/mol.